The molecule has 29 heavy (non-hydrogen) atoms. The Morgan fingerprint density at radius 1 is 1.00 bits per heavy atom. The van der Waals surface area contributed by atoms with Gasteiger partial charge < -0.3 is 5.11 Å². The lowest BCUT2D eigenvalue weighted by atomic mass is 9.83. The van der Waals surface area contributed by atoms with Gasteiger partial charge >= 0.3 is 5.17 Å². The number of anilines is 1. The van der Waals surface area contributed by atoms with Crippen molar-refractivity contribution in [2.24, 2.45) is 0 Å². The fourth-order valence-electron chi connectivity index (χ4n) is 5.25. The fourth-order valence-corrected chi connectivity index (χ4v) is 6.42. The summed E-state index contributed by atoms with van der Waals surface area (Å²) in [5, 5.41) is 13.3. The van der Waals surface area contributed by atoms with E-state index in [1.54, 1.807) is 0 Å². The summed E-state index contributed by atoms with van der Waals surface area (Å²) >= 11 is 1.88. The van der Waals surface area contributed by atoms with Gasteiger partial charge in [0.1, 0.15) is 5.69 Å². The predicted octanol–water partition coefficient (Wildman–Crippen LogP) is 5.21. The van der Waals surface area contributed by atoms with Crippen LogP contribution in [0, 0.1) is 6.92 Å². The number of amidine groups is 1. The minimum absolute atomic E-state index is 0.631. The second kappa shape index (κ2) is 7.81. The third kappa shape index (κ3) is 3.40. The molecular weight excluding hydrogens is 376 g/mol. The maximum atomic E-state index is 12.1. The van der Waals surface area contributed by atoms with Crippen molar-refractivity contribution in [3.05, 3.63) is 65.2 Å². The Morgan fingerprint density at radius 2 is 1.76 bits per heavy atom. The SMILES string of the molecule is Cc1ccccc1N1C2=[N+](CCCS2)C[C@]1(O)c1ccc(C2CCCCC2)cc1. The van der Waals surface area contributed by atoms with Crippen LogP contribution in [0.15, 0.2) is 48.5 Å². The maximum absolute atomic E-state index is 12.1. The summed E-state index contributed by atoms with van der Waals surface area (Å²) in [6.07, 6.45) is 7.87. The quantitative estimate of drug-likeness (QED) is 0.707. The molecule has 0 spiro atoms. The molecule has 2 aromatic carbocycles. The molecule has 2 aliphatic heterocycles. The number of nitrogens with zero attached hydrogens (tertiary/aromatic N) is 2. The third-order valence-electron chi connectivity index (χ3n) is 6.85. The molecule has 152 valence electrons. The average Bonchev–Trinajstić information content (AvgIpc) is 3.08. The number of aliphatic hydroxyl groups is 1. The van der Waals surface area contributed by atoms with Crippen LogP contribution in [-0.2, 0) is 5.72 Å². The van der Waals surface area contributed by atoms with Gasteiger partial charge in [-0.3, -0.25) is 0 Å². The van der Waals surface area contributed by atoms with Gasteiger partial charge in [-0.05, 0) is 61.1 Å². The lowest BCUT2D eigenvalue weighted by Crippen LogP contribution is -2.47. The second-order valence-corrected chi connectivity index (χ2v) is 9.86. The van der Waals surface area contributed by atoms with E-state index < -0.39 is 5.72 Å². The summed E-state index contributed by atoms with van der Waals surface area (Å²) in [6, 6.07) is 17.3. The van der Waals surface area contributed by atoms with Gasteiger partial charge in [0, 0.05) is 11.3 Å². The minimum Gasteiger partial charge on any atom is -0.346 e. The zero-order valence-electron chi connectivity index (χ0n) is 17.3. The molecule has 0 radical (unpaired) electrons. The van der Waals surface area contributed by atoms with E-state index in [1.807, 2.05) is 11.8 Å². The van der Waals surface area contributed by atoms with Gasteiger partial charge in [0.05, 0.1) is 6.54 Å². The zero-order chi connectivity index (χ0) is 19.8. The molecule has 0 bridgehead atoms. The highest BCUT2D eigenvalue weighted by molar-refractivity contribution is 8.14. The minimum atomic E-state index is -1.02. The number of para-hydroxylation sites is 1. The predicted molar refractivity (Wildman–Crippen MR) is 122 cm³/mol. The first kappa shape index (κ1) is 19.2. The van der Waals surface area contributed by atoms with Crippen molar-refractivity contribution in [1.29, 1.82) is 0 Å². The Bertz CT molecular complexity index is 917. The molecule has 3 nitrogen and oxygen atoms in total. The monoisotopic (exact) mass is 407 g/mol. The summed E-state index contributed by atoms with van der Waals surface area (Å²) in [4.78, 5) is 2.20. The molecule has 5 rings (SSSR count). The van der Waals surface area contributed by atoms with Crippen LogP contribution in [0.1, 0.15) is 61.1 Å². The smallest absolute Gasteiger partial charge is 0.316 e. The lowest BCUT2D eigenvalue weighted by molar-refractivity contribution is -0.532. The lowest BCUT2D eigenvalue weighted by Gasteiger charge is -2.30. The summed E-state index contributed by atoms with van der Waals surface area (Å²) in [7, 11) is 0. The number of benzene rings is 2. The molecule has 0 amide bonds. The topological polar surface area (TPSA) is 26.5 Å². The van der Waals surface area contributed by atoms with Crippen LogP contribution < -0.4 is 4.90 Å². The highest BCUT2D eigenvalue weighted by Crippen LogP contribution is 2.41. The average molecular weight is 408 g/mol. The van der Waals surface area contributed by atoms with Crippen LogP contribution in [0.4, 0.5) is 5.69 Å². The molecule has 1 fully saturated rings. The van der Waals surface area contributed by atoms with Crippen LogP contribution in [0.3, 0.4) is 0 Å². The van der Waals surface area contributed by atoms with Crippen molar-refractivity contribution < 1.29 is 9.68 Å². The van der Waals surface area contributed by atoms with E-state index in [4.69, 9.17) is 0 Å². The second-order valence-electron chi connectivity index (χ2n) is 8.80. The fraction of sp³-hybridized carbons (Fsp3) is 0.480. The Balaban J connectivity index is 1.53. The molecule has 2 aromatic rings. The first-order chi connectivity index (χ1) is 14.2. The molecule has 1 atom stereocenters. The first-order valence-corrected chi connectivity index (χ1v) is 12.1. The van der Waals surface area contributed by atoms with Gasteiger partial charge in [0.15, 0.2) is 6.54 Å². The zero-order valence-corrected chi connectivity index (χ0v) is 18.1. The van der Waals surface area contributed by atoms with Crippen LogP contribution >= 0.6 is 11.8 Å². The molecular formula is C25H31N2OS+. The van der Waals surface area contributed by atoms with Gasteiger partial charge in [-0.15, -0.1) is 0 Å². The number of hydrogen-bond acceptors (Lipinski definition) is 3. The van der Waals surface area contributed by atoms with Crippen molar-refractivity contribution in [2.75, 3.05) is 23.7 Å². The summed E-state index contributed by atoms with van der Waals surface area (Å²) < 4.78 is 2.37. The van der Waals surface area contributed by atoms with Crippen molar-refractivity contribution >= 4 is 22.6 Å². The Kier molecular flexibility index (Phi) is 5.17. The first-order valence-electron chi connectivity index (χ1n) is 11.1. The Morgan fingerprint density at radius 3 is 2.52 bits per heavy atom. The normalized spacial score (nSPS) is 25.4. The Hall–Kier alpha value is -1.78. The van der Waals surface area contributed by atoms with E-state index in [-0.39, 0.29) is 0 Å². The van der Waals surface area contributed by atoms with Gasteiger partial charge in [0.2, 0.25) is 0 Å². The number of rotatable bonds is 3. The van der Waals surface area contributed by atoms with E-state index in [0.29, 0.717) is 12.5 Å². The molecule has 2 heterocycles. The highest BCUT2D eigenvalue weighted by Gasteiger charge is 2.55. The van der Waals surface area contributed by atoms with Gasteiger partial charge in [-0.25, -0.2) is 4.58 Å². The van der Waals surface area contributed by atoms with E-state index in [1.165, 1.54) is 54.8 Å². The van der Waals surface area contributed by atoms with Crippen LogP contribution in [0.25, 0.3) is 0 Å². The van der Waals surface area contributed by atoms with Gasteiger partial charge in [-0.2, -0.15) is 4.90 Å². The van der Waals surface area contributed by atoms with Crippen molar-refractivity contribution in [2.45, 2.75) is 57.1 Å². The molecule has 1 saturated carbocycles. The molecule has 1 aliphatic carbocycles. The molecule has 4 heteroatoms. The third-order valence-corrected chi connectivity index (χ3v) is 8.04. The maximum Gasteiger partial charge on any atom is 0.316 e. The molecule has 0 aromatic heterocycles. The van der Waals surface area contributed by atoms with Crippen LogP contribution in [-0.4, -0.2) is 33.7 Å². The highest BCUT2D eigenvalue weighted by atomic mass is 32.2. The summed E-state index contributed by atoms with van der Waals surface area (Å²) in [5.74, 6) is 1.81. The van der Waals surface area contributed by atoms with E-state index in [2.05, 4.69) is 64.9 Å². The van der Waals surface area contributed by atoms with E-state index in [0.717, 1.165) is 23.5 Å². The van der Waals surface area contributed by atoms with Crippen molar-refractivity contribution in [3.63, 3.8) is 0 Å². The number of aryl methyl sites for hydroxylation is 1. The molecule has 3 aliphatic rings. The number of hydrogen-bond donors (Lipinski definition) is 1. The van der Waals surface area contributed by atoms with Crippen LogP contribution in [0.5, 0.6) is 0 Å². The van der Waals surface area contributed by atoms with Crippen molar-refractivity contribution in [3.8, 4) is 0 Å². The van der Waals surface area contributed by atoms with Crippen molar-refractivity contribution in [1.82, 2.24) is 0 Å². The molecule has 1 N–H and O–H groups in total. The summed E-state index contributed by atoms with van der Waals surface area (Å²) in [6.45, 7) is 3.79. The number of thioether (sulfide) groups is 1. The standard InChI is InChI=1S/C25H31N2OS/c1-19-8-5-6-11-23(19)27-24-26(16-7-17-29-24)18-25(27,28)22-14-12-21(13-15-22)20-9-3-2-4-10-20/h5-6,8,11-15,20,28H,2-4,7,9-10,16-18H2,1H3/q+1/t25-/m0/s1. The van der Waals surface area contributed by atoms with Gasteiger partial charge in [0.25, 0.3) is 5.72 Å². The largest absolute Gasteiger partial charge is 0.346 e. The molecule has 0 saturated heterocycles. The van der Waals surface area contributed by atoms with E-state index >= 15 is 0 Å². The Labute approximate surface area is 178 Å². The molecule has 0 unspecified atom stereocenters. The van der Waals surface area contributed by atoms with E-state index in [9.17, 15) is 5.11 Å². The summed E-state index contributed by atoms with van der Waals surface area (Å²) in [5.41, 5.74) is 3.73. The van der Waals surface area contributed by atoms with Gasteiger partial charge in [-0.1, -0.05) is 61.7 Å². The van der Waals surface area contributed by atoms with Crippen LogP contribution in [0.2, 0.25) is 0 Å².